The molecule has 4 heteroatoms. The maximum absolute atomic E-state index is 5.37. The van der Waals surface area contributed by atoms with E-state index in [-0.39, 0.29) is 0 Å². The highest BCUT2D eigenvalue weighted by Gasteiger charge is 2.00. The first-order valence-electron chi connectivity index (χ1n) is 5.71. The van der Waals surface area contributed by atoms with Crippen LogP contribution in [0.2, 0.25) is 0 Å². The lowest BCUT2D eigenvalue weighted by Gasteiger charge is -2.06. The smallest absolute Gasteiger partial charge is 0.0700 e. The first-order valence-corrected chi connectivity index (χ1v) is 6.59. The van der Waals surface area contributed by atoms with E-state index in [4.69, 9.17) is 9.47 Å². The molecular formula is C12H21NO2S. The van der Waals surface area contributed by atoms with Gasteiger partial charge in [-0.3, -0.25) is 0 Å². The second-order valence-corrected chi connectivity index (χ2v) is 4.51. The summed E-state index contributed by atoms with van der Waals surface area (Å²) in [6.07, 6.45) is 1.12. The minimum Gasteiger partial charge on any atom is -0.382 e. The minimum absolute atomic E-state index is 0.672. The van der Waals surface area contributed by atoms with Crippen LogP contribution in [0.25, 0.3) is 0 Å². The number of nitrogens with one attached hydrogen (secondary N) is 1. The van der Waals surface area contributed by atoms with Crippen LogP contribution >= 0.6 is 11.3 Å². The molecule has 0 aromatic carbocycles. The summed E-state index contributed by atoms with van der Waals surface area (Å²) in [6.45, 7) is 6.14. The fraction of sp³-hybridized carbons (Fsp3) is 0.667. The topological polar surface area (TPSA) is 30.5 Å². The average Bonchev–Trinajstić information content (AvgIpc) is 2.75. The van der Waals surface area contributed by atoms with Crippen molar-refractivity contribution in [2.75, 3.05) is 33.5 Å². The summed E-state index contributed by atoms with van der Waals surface area (Å²) in [5.74, 6) is 0. The molecule has 0 saturated carbocycles. The highest BCUT2D eigenvalue weighted by atomic mass is 32.1. The van der Waals surface area contributed by atoms with E-state index >= 15 is 0 Å². The molecule has 0 aliphatic heterocycles. The molecule has 0 spiro atoms. The zero-order valence-electron chi connectivity index (χ0n) is 10.1. The third-order valence-corrected chi connectivity index (χ3v) is 3.32. The molecule has 0 radical (unpaired) electrons. The van der Waals surface area contributed by atoms with Crippen LogP contribution in [0.3, 0.4) is 0 Å². The van der Waals surface area contributed by atoms with E-state index in [1.54, 1.807) is 7.11 Å². The van der Waals surface area contributed by atoms with Gasteiger partial charge in [-0.25, -0.2) is 0 Å². The number of rotatable bonds is 9. The maximum atomic E-state index is 5.37. The van der Waals surface area contributed by atoms with Crippen LogP contribution in [-0.2, 0) is 22.4 Å². The van der Waals surface area contributed by atoms with Crippen molar-refractivity contribution in [2.45, 2.75) is 19.9 Å². The van der Waals surface area contributed by atoms with Gasteiger partial charge in [0.15, 0.2) is 0 Å². The van der Waals surface area contributed by atoms with Crippen molar-refractivity contribution in [1.29, 1.82) is 0 Å². The first kappa shape index (κ1) is 13.6. The third kappa shape index (κ3) is 5.07. The summed E-state index contributed by atoms with van der Waals surface area (Å²) >= 11 is 1.82. The molecule has 1 aromatic heterocycles. The number of hydrogen-bond acceptors (Lipinski definition) is 4. The second kappa shape index (κ2) is 8.70. The number of aryl methyl sites for hydroxylation is 1. The van der Waals surface area contributed by atoms with E-state index < -0.39 is 0 Å². The summed E-state index contributed by atoms with van der Waals surface area (Å²) < 4.78 is 10.3. The van der Waals surface area contributed by atoms with Gasteiger partial charge in [0.05, 0.1) is 19.8 Å². The zero-order chi connectivity index (χ0) is 11.6. The van der Waals surface area contributed by atoms with Gasteiger partial charge in [0.2, 0.25) is 0 Å². The van der Waals surface area contributed by atoms with Crippen LogP contribution in [0.5, 0.6) is 0 Å². The van der Waals surface area contributed by atoms with Crippen molar-refractivity contribution < 1.29 is 9.47 Å². The summed E-state index contributed by atoms with van der Waals surface area (Å²) in [5.41, 5.74) is 1.46. The molecule has 0 atom stereocenters. The van der Waals surface area contributed by atoms with Gasteiger partial charge in [-0.1, -0.05) is 6.92 Å². The van der Waals surface area contributed by atoms with Crippen LogP contribution in [-0.4, -0.2) is 33.5 Å². The summed E-state index contributed by atoms with van der Waals surface area (Å²) in [5, 5.41) is 5.54. The number of thiophene rings is 1. The largest absolute Gasteiger partial charge is 0.382 e. The van der Waals surface area contributed by atoms with Gasteiger partial charge in [-0.05, 0) is 23.4 Å². The Kier molecular flexibility index (Phi) is 7.42. The summed E-state index contributed by atoms with van der Waals surface area (Å²) in [4.78, 5) is 1.44. The molecule has 1 rings (SSSR count). The average molecular weight is 243 g/mol. The molecular weight excluding hydrogens is 222 g/mol. The molecule has 1 N–H and O–H groups in total. The molecule has 0 fully saturated rings. The Bertz CT molecular complexity index is 276. The first-order chi connectivity index (χ1) is 7.88. The molecule has 3 nitrogen and oxygen atoms in total. The van der Waals surface area contributed by atoms with Crippen molar-refractivity contribution in [3.05, 3.63) is 21.9 Å². The van der Waals surface area contributed by atoms with Crippen LogP contribution in [0.15, 0.2) is 11.4 Å². The monoisotopic (exact) mass is 243 g/mol. The van der Waals surface area contributed by atoms with Crippen LogP contribution < -0.4 is 5.32 Å². The normalized spacial score (nSPS) is 10.9. The molecule has 0 amide bonds. The highest BCUT2D eigenvalue weighted by Crippen LogP contribution is 2.16. The van der Waals surface area contributed by atoms with Gasteiger partial charge in [-0.15, -0.1) is 11.3 Å². The second-order valence-electron chi connectivity index (χ2n) is 3.50. The highest BCUT2D eigenvalue weighted by molar-refractivity contribution is 7.10. The van der Waals surface area contributed by atoms with Crippen molar-refractivity contribution in [1.82, 2.24) is 5.32 Å². The van der Waals surface area contributed by atoms with Gasteiger partial charge in [0, 0.05) is 25.1 Å². The fourth-order valence-electron chi connectivity index (χ4n) is 1.43. The predicted molar refractivity (Wildman–Crippen MR) is 68.1 cm³/mol. The maximum Gasteiger partial charge on any atom is 0.0700 e. The minimum atomic E-state index is 0.672. The molecule has 0 saturated heterocycles. The summed E-state index contributed by atoms with van der Waals surface area (Å²) in [7, 11) is 1.69. The Morgan fingerprint density at radius 2 is 2.19 bits per heavy atom. The van der Waals surface area contributed by atoms with Crippen LogP contribution in [0, 0.1) is 0 Å². The number of hydrogen-bond donors (Lipinski definition) is 1. The van der Waals surface area contributed by atoms with E-state index in [0.29, 0.717) is 13.2 Å². The Balaban J connectivity index is 2.03. The molecule has 1 heterocycles. The molecule has 1 aromatic rings. The van der Waals surface area contributed by atoms with Gasteiger partial charge < -0.3 is 14.8 Å². The van der Waals surface area contributed by atoms with Crippen molar-refractivity contribution in [3.63, 3.8) is 0 Å². The SMILES string of the molecule is CCc1ccsc1CNCCOCCOC. The molecule has 92 valence electrons. The number of methoxy groups -OCH3 is 1. The van der Waals surface area contributed by atoms with E-state index in [0.717, 1.165) is 26.1 Å². The summed E-state index contributed by atoms with van der Waals surface area (Å²) in [6, 6.07) is 2.21. The molecule has 0 unspecified atom stereocenters. The van der Waals surface area contributed by atoms with Crippen molar-refractivity contribution in [3.8, 4) is 0 Å². The lowest BCUT2D eigenvalue weighted by Crippen LogP contribution is -2.20. The Morgan fingerprint density at radius 1 is 1.31 bits per heavy atom. The van der Waals surface area contributed by atoms with Crippen molar-refractivity contribution in [2.24, 2.45) is 0 Å². The Labute approximate surface area is 102 Å². The molecule has 0 bridgehead atoms. The van der Waals surface area contributed by atoms with Crippen LogP contribution in [0.4, 0.5) is 0 Å². The molecule has 16 heavy (non-hydrogen) atoms. The van der Waals surface area contributed by atoms with E-state index in [1.807, 2.05) is 11.3 Å². The fourth-order valence-corrected chi connectivity index (χ4v) is 2.37. The third-order valence-electron chi connectivity index (χ3n) is 2.36. The Hall–Kier alpha value is -0.420. The van der Waals surface area contributed by atoms with Gasteiger partial charge >= 0.3 is 0 Å². The Morgan fingerprint density at radius 3 is 2.94 bits per heavy atom. The van der Waals surface area contributed by atoms with Gasteiger partial charge in [0.25, 0.3) is 0 Å². The van der Waals surface area contributed by atoms with E-state index in [1.165, 1.54) is 10.4 Å². The van der Waals surface area contributed by atoms with E-state index in [9.17, 15) is 0 Å². The quantitative estimate of drug-likeness (QED) is 0.673. The number of ether oxygens (including phenoxy) is 2. The van der Waals surface area contributed by atoms with Gasteiger partial charge in [-0.2, -0.15) is 0 Å². The standard InChI is InChI=1S/C12H21NO2S/c1-3-11-4-9-16-12(11)10-13-5-6-15-8-7-14-2/h4,9,13H,3,5-8,10H2,1-2H3. The van der Waals surface area contributed by atoms with Crippen molar-refractivity contribution >= 4 is 11.3 Å². The molecule has 0 aliphatic rings. The zero-order valence-corrected chi connectivity index (χ0v) is 10.9. The lowest BCUT2D eigenvalue weighted by atomic mass is 10.2. The van der Waals surface area contributed by atoms with Crippen LogP contribution in [0.1, 0.15) is 17.4 Å². The van der Waals surface area contributed by atoms with Gasteiger partial charge in [0.1, 0.15) is 0 Å². The predicted octanol–water partition coefficient (Wildman–Crippen LogP) is 2.06. The lowest BCUT2D eigenvalue weighted by molar-refractivity contribution is 0.0719. The van der Waals surface area contributed by atoms with E-state index in [2.05, 4.69) is 23.7 Å². The molecule has 0 aliphatic carbocycles.